The van der Waals surface area contributed by atoms with Crippen LogP contribution < -0.4 is 10.6 Å². The number of rotatable bonds is 8. The van der Waals surface area contributed by atoms with Crippen LogP contribution in [0.5, 0.6) is 0 Å². The van der Waals surface area contributed by atoms with E-state index in [1.807, 2.05) is 80.8 Å². The standard InChI is InChI=1S/C24H28N3O.C13H24/c1-26(22-16-10-5-11-17-22)24(28)27(2,19-25)23(21-14-8-4-9-15-21)18-20-12-6-3-7-13-20;1-3-7-12(8-4-1)11-13-9-5-2-6-10-13/h3-17,23H,18-19,25H2,1-2H3;12-13H,1-11H2/q+1;. The van der Waals surface area contributed by atoms with E-state index in [-0.39, 0.29) is 23.2 Å². The number of hydrogen-bond donors (Lipinski definition) is 1. The van der Waals surface area contributed by atoms with Gasteiger partial charge in [-0.3, -0.25) is 10.6 Å². The number of hydrogen-bond acceptors (Lipinski definition) is 2. The Morgan fingerprint density at radius 3 is 1.71 bits per heavy atom. The number of quaternary nitrogens is 1. The predicted octanol–water partition coefficient (Wildman–Crippen LogP) is 9.13. The summed E-state index contributed by atoms with van der Waals surface area (Å²) < 4.78 is 0.0876. The lowest BCUT2D eigenvalue weighted by Gasteiger charge is -2.40. The topological polar surface area (TPSA) is 46.3 Å². The number of nitrogens with zero attached hydrogens (tertiary/aromatic N) is 2. The van der Waals surface area contributed by atoms with Gasteiger partial charge >= 0.3 is 6.03 Å². The molecule has 0 heterocycles. The van der Waals surface area contributed by atoms with Crippen LogP contribution >= 0.6 is 0 Å². The molecular formula is C37H52N3O+. The highest BCUT2D eigenvalue weighted by molar-refractivity contribution is 5.86. The lowest BCUT2D eigenvalue weighted by molar-refractivity contribution is -0.861. The van der Waals surface area contributed by atoms with Gasteiger partial charge in [-0.15, -0.1) is 0 Å². The molecule has 0 aromatic heterocycles. The summed E-state index contributed by atoms with van der Waals surface area (Å²) in [6.07, 6.45) is 17.7. The number of carbonyl (C=O) groups is 1. The first-order valence-electron chi connectivity index (χ1n) is 16.0. The van der Waals surface area contributed by atoms with Crippen molar-refractivity contribution in [3.8, 4) is 0 Å². The SMILES string of the molecule is C1CCC(CC2CCCCC2)CC1.CN(C(=O)[N+](C)(CN)C(Cc1ccccc1)c1ccccc1)c1ccccc1. The quantitative estimate of drug-likeness (QED) is 0.223. The molecule has 0 spiro atoms. The molecule has 220 valence electrons. The Balaban J connectivity index is 0.000000247. The summed E-state index contributed by atoms with van der Waals surface area (Å²) in [5.74, 6) is 2.24. The fourth-order valence-electron chi connectivity index (χ4n) is 6.92. The molecule has 0 bridgehead atoms. The molecule has 2 atom stereocenters. The molecule has 2 saturated carbocycles. The molecule has 2 fully saturated rings. The molecule has 0 aliphatic heterocycles. The lowest BCUT2D eigenvalue weighted by atomic mass is 9.78. The summed E-state index contributed by atoms with van der Waals surface area (Å²) in [7, 11) is 3.75. The van der Waals surface area contributed by atoms with Gasteiger partial charge in [-0.05, 0) is 36.0 Å². The van der Waals surface area contributed by atoms with E-state index in [0.29, 0.717) is 0 Å². The molecule has 4 heteroatoms. The maximum absolute atomic E-state index is 13.6. The Kier molecular flexibility index (Phi) is 12.0. The van der Waals surface area contributed by atoms with E-state index < -0.39 is 0 Å². The van der Waals surface area contributed by atoms with Crippen molar-refractivity contribution in [1.29, 1.82) is 0 Å². The number of likely N-dealkylation sites (N-methyl/N-ethyl adjacent to an activating group) is 1. The Labute approximate surface area is 249 Å². The summed E-state index contributed by atoms with van der Waals surface area (Å²) in [4.78, 5) is 15.3. The third-order valence-corrected chi connectivity index (χ3v) is 9.51. The molecule has 2 aliphatic carbocycles. The van der Waals surface area contributed by atoms with Gasteiger partial charge in [0.25, 0.3) is 0 Å². The van der Waals surface area contributed by atoms with E-state index in [1.165, 1.54) is 44.1 Å². The zero-order valence-electron chi connectivity index (χ0n) is 25.5. The number of anilines is 1. The van der Waals surface area contributed by atoms with Crippen molar-refractivity contribution >= 4 is 11.7 Å². The largest absolute Gasteiger partial charge is 0.424 e. The van der Waals surface area contributed by atoms with Crippen molar-refractivity contribution in [2.24, 2.45) is 17.6 Å². The van der Waals surface area contributed by atoms with Crippen LogP contribution in [0.15, 0.2) is 91.0 Å². The highest BCUT2D eigenvalue weighted by atomic mass is 16.2. The van der Waals surface area contributed by atoms with Crippen molar-refractivity contribution in [2.45, 2.75) is 83.1 Å². The smallest absolute Gasteiger partial charge is 0.284 e. The predicted molar refractivity (Wildman–Crippen MR) is 173 cm³/mol. The van der Waals surface area contributed by atoms with Crippen molar-refractivity contribution in [3.05, 3.63) is 102 Å². The fourth-order valence-corrected chi connectivity index (χ4v) is 6.92. The van der Waals surface area contributed by atoms with Crippen LogP contribution in [0.3, 0.4) is 0 Å². The highest BCUT2D eigenvalue weighted by Gasteiger charge is 2.42. The van der Waals surface area contributed by atoms with Crippen LogP contribution in [-0.2, 0) is 6.42 Å². The third-order valence-electron chi connectivity index (χ3n) is 9.51. The molecule has 2 N–H and O–H groups in total. The van der Waals surface area contributed by atoms with Crippen molar-refractivity contribution < 1.29 is 9.28 Å². The molecule has 5 rings (SSSR count). The maximum atomic E-state index is 13.6. The van der Waals surface area contributed by atoms with Gasteiger partial charge < -0.3 is 0 Å². The van der Waals surface area contributed by atoms with Gasteiger partial charge in [0.2, 0.25) is 0 Å². The van der Waals surface area contributed by atoms with E-state index in [4.69, 9.17) is 5.73 Å². The zero-order chi connectivity index (χ0) is 28.9. The van der Waals surface area contributed by atoms with Gasteiger partial charge in [0.15, 0.2) is 0 Å². The van der Waals surface area contributed by atoms with Crippen LogP contribution in [-0.4, -0.2) is 31.3 Å². The third kappa shape index (κ3) is 8.77. The minimum Gasteiger partial charge on any atom is -0.284 e. The number of benzene rings is 3. The fraction of sp³-hybridized carbons (Fsp3) is 0.486. The highest BCUT2D eigenvalue weighted by Crippen LogP contribution is 2.35. The van der Waals surface area contributed by atoms with Gasteiger partial charge in [-0.25, -0.2) is 9.28 Å². The molecule has 3 aromatic rings. The van der Waals surface area contributed by atoms with Crippen LogP contribution in [0.1, 0.15) is 87.8 Å². The van der Waals surface area contributed by atoms with E-state index in [9.17, 15) is 4.79 Å². The zero-order valence-corrected chi connectivity index (χ0v) is 25.5. The minimum absolute atomic E-state index is 0.0292. The van der Waals surface area contributed by atoms with Gasteiger partial charge in [0.1, 0.15) is 12.7 Å². The minimum atomic E-state index is -0.0905. The van der Waals surface area contributed by atoms with Gasteiger partial charge in [-0.2, -0.15) is 0 Å². The number of carbonyl (C=O) groups excluding carboxylic acids is 1. The molecule has 2 aliphatic rings. The Hall–Kier alpha value is -2.95. The normalized spacial score (nSPS) is 18.4. The first kappa shape index (κ1) is 31.0. The van der Waals surface area contributed by atoms with E-state index >= 15 is 0 Å². The van der Waals surface area contributed by atoms with Crippen molar-refractivity contribution in [3.63, 3.8) is 0 Å². The Morgan fingerprint density at radius 1 is 0.756 bits per heavy atom. The molecule has 2 unspecified atom stereocenters. The van der Waals surface area contributed by atoms with Gasteiger partial charge in [0, 0.05) is 24.7 Å². The number of urea groups is 1. The summed E-state index contributed by atoms with van der Waals surface area (Å²) in [6.45, 7) is 0.211. The van der Waals surface area contributed by atoms with E-state index in [2.05, 4.69) is 24.3 Å². The Bertz CT molecular complexity index is 1120. The number of para-hydroxylation sites is 1. The van der Waals surface area contributed by atoms with Crippen LogP contribution in [0.25, 0.3) is 0 Å². The summed E-state index contributed by atoms with van der Waals surface area (Å²) in [5, 5.41) is 0. The Morgan fingerprint density at radius 2 is 1.22 bits per heavy atom. The lowest BCUT2D eigenvalue weighted by Crippen LogP contribution is -2.60. The molecule has 41 heavy (non-hydrogen) atoms. The van der Waals surface area contributed by atoms with Gasteiger partial charge in [-0.1, -0.05) is 143 Å². The van der Waals surface area contributed by atoms with Crippen molar-refractivity contribution in [1.82, 2.24) is 0 Å². The molecule has 3 aromatic carbocycles. The average molecular weight is 555 g/mol. The monoisotopic (exact) mass is 554 g/mol. The average Bonchev–Trinajstić information content (AvgIpc) is 3.05. The second kappa shape index (κ2) is 15.9. The molecule has 0 radical (unpaired) electrons. The van der Waals surface area contributed by atoms with E-state index in [1.54, 1.807) is 37.0 Å². The van der Waals surface area contributed by atoms with Crippen LogP contribution in [0, 0.1) is 11.8 Å². The first-order valence-corrected chi connectivity index (χ1v) is 16.0. The molecule has 0 saturated heterocycles. The second-order valence-corrected chi connectivity index (χ2v) is 12.5. The summed E-state index contributed by atoms with van der Waals surface area (Å²) in [5.41, 5.74) is 9.39. The summed E-state index contributed by atoms with van der Waals surface area (Å²) in [6, 6.07) is 30.0. The van der Waals surface area contributed by atoms with Crippen LogP contribution in [0.4, 0.5) is 10.5 Å². The van der Waals surface area contributed by atoms with Crippen molar-refractivity contribution in [2.75, 3.05) is 25.7 Å². The molecular weight excluding hydrogens is 502 g/mol. The molecule has 4 nitrogen and oxygen atoms in total. The molecule has 2 amide bonds. The first-order chi connectivity index (χ1) is 20.0. The summed E-state index contributed by atoms with van der Waals surface area (Å²) >= 11 is 0. The van der Waals surface area contributed by atoms with E-state index in [0.717, 1.165) is 29.5 Å². The number of amides is 2. The maximum Gasteiger partial charge on any atom is 0.424 e. The number of nitrogens with two attached hydrogens (primary N) is 1. The second-order valence-electron chi connectivity index (χ2n) is 12.5. The van der Waals surface area contributed by atoms with Crippen LogP contribution in [0.2, 0.25) is 0 Å². The van der Waals surface area contributed by atoms with Gasteiger partial charge in [0.05, 0.1) is 7.05 Å².